The number of ketones is 1. The molecular weight excluding hydrogens is 400 g/mol. The van der Waals surface area contributed by atoms with Gasteiger partial charge in [0, 0.05) is 32.4 Å². The topological polar surface area (TPSA) is 49.8 Å². The predicted octanol–water partition coefficient (Wildman–Crippen LogP) is 5.02. The van der Waals surface area contributed by atoms with Crippen molar-refractivity contribution in [2.24, 2.45) is 0 Å². The molecule has 1 unspecified atom stereocenters. The summed E-state index contributed by atoms with van der Waals surface area (Å²) in [5.74, 6) is 0.258. The maximum atomic E-state index is 11.7. The van der Waals surface area contributed by atoms with Crippen molar-refractivity contribution in [3.63, 3.8) is 0 Å². The van der Waals surface area contributed by atoms with E-state index in [0.29, 0.717) is 5.75 Å². The zero-order chi connectivity index (χ0) is 16.8. The summed E-state index contributed by atoms with van der Waals surface area (Å²) in [5, 5.41) is 9.71. The molecule has 1 atom stereocenters. The van der Waals surface area contributed by atoms with E-state index >= 15 is 0 Å². The van der Waals surface area contributed by atoms with Crippen LogP contribution in [0.1, 0.15) is 38.1 Å². The molecule has 0 radical (unpaired) electrons. The van der Waals surface area contributed by atoms with E-state index in [1.165, 1.54) is 12.1 Å². The molecule has 0 fully saturated rings. The van der Waals surface area contributed by atoms with Crippen molar-refractivity contribution in [3.05, 3.63) is 36.0 Å². The van der Waals surface area contributed by atoms with Gasteiger partial charge in [0.05, 0.1) is 5.56 Å². The molecule has 1 rings (SSSR count). The summed E-state index contributed by atoms with van der Waals surface area (Å²) in [5.41, 5.74) is 0.271. The second kappa shape index (κ2) is 14.1. The van der Waals surface area contributed by atoms with Gasteiger partial charge in [-0.2, -0.15) is 0 Å². The number of carbonyl (C=O) groups excluding carboxylic acids is 1. The number of halogens is 1. The van der Waals surface area contributed by atoms with E-state index in [0.717, 1.165) is 0 Å². The van der Waals surface area contributed by atoms with Gasteiger partial charge < -0.3 is 14.5 Å². The third-order valence-electron chi connectivity index (χ3n) is 1.92. The Morgan fingerprint density at radius 2 is 1.86 bits per heavy atom. The molecule has 6 heteroatoms. The fourth-order valence-corrected chi connectivity index (χ4v) is 2.11. The van der Waals surface area contributed by atoms with Gasteiger partial charge in [-0.1, -0.05) is 27.7 Å². The number of nitrogens with zero attached hydrogens (tertiary/aromatic N) is 1. The smallest absolute Gasteiger partial charge is 0.190 e. The molecule has 4 nitrogen and oxygen atoms in total. The Bertz CT molecular complexity index is 437. The Labute approximate surface area is 142 Å². The van der Waals surface area contributed by atoms with Crippen LogP contribution in [0.5, 0.6) is 11.5 Å². The Hall–Kier alpha value is -0.810. The molecule has 0 aliphatic rings. The number of allylic oxidation sites excluding steroid dienone is 1. The van der Waals surface area contributed by atoms with Gasteiger partial charge in [-0.15, -0.1) is 0 Å². The van der Waals surface area contributed by atoms with E-state index in [1.807, 2.05) is 41.8 Å². The van der Waals surface area contributed by atoms with Crippen molar-refractivity contribution < 1.29 is 14.4 Å². The second-order valence-electron chi connectivity index (χ2n) is 3.50. The highest BCUT2D eigenvalue weighted by Gasteiger charge is 2.09. The number of benzene rings is 1. The van der Waals surface area contributed by atoms with E-state index in [2.05, 4.69) is 22.0 Å². The zero-order valence-corrected chi connectivity index (χ0v) is 16.6. The van der Waals surface area contributed by atoms with Crippen LogP contribution in [0.2, 0.25) is 0 Å². The number of hydrogen-bond acceptors (Lipinski definition) is 4. The summed E-state index contributed by atoms with van der Waals surface area (Å²) in [7, 11) is 3.64. The van der Waals surface area contributed by atoms with Crippen LogP contribution in [-0.4, -0.2) is 29.9 Å². The van der Waals surface area contributed by atoms with E-state index in [9.17, 15) is 9.90 Å². The van der Waals surface area contributed by atoms with Crippen molar-refractivity contribution in [3.8, 4) is 11.5 Å². The van der Waals surface area contributed by atoms with Gasteiger partial charge >= 0.3 is 0 Å². The van der Waals surface area contributed by atoms with Gasteiger partial charge in [0.15, 0.2) is 5.78 Å². The molecule has 0 aliphatic heterocycles. The minimum atomic E-state index is -0.236. The molecule has 0 saturated heterocycles. The molecule has 0 spiro atoms. The molecule has 0 saturated carbocycles. The van der Waals surface area contributed by atoms with Gasteiger partial charge in [-0.05, 0) is 34.2 Å². The lowest BCUT2D eigenvalue weighted by atomic mass is 10.1. The van der Waals surface area contributed by atoms with Crippen LogP contribution in [0.4, 0.5) is 0 Å². The monoisotopic (exact) mass is 425 g/mol. The molecule has 120 valence electrons. The first-order chi connectivity index (χ1) is 10.0. The Kier molecular flexibility index (Phi) is 15.1. The summed E-state index contributed by atoms with van der Waals surface area (Å²) in [4.78, 5) is 13.5. The molecule has 21 heavy (non-hydrogen) atoms. The van der Waals surface area contributed by atoms with Crippen molar-refractivity contribution >= 4 is 34.3 Å². The second-order valence-corrected chi connectivity index (χ2v) is 5.18. The average molecular weight is 425 g/mol. The molecule has 1 aromatic carbocycles. The van der Waals surface area contributed by atoms with Gasteiger partial charge in [-0.25, -0.2) is 0 Å². The lowest BCUT2D eigenvalue weighted by Gasteiger charge is -2.06. The van der Waals surface area contributed by atoms with Crippen molar-refractivity contribution in [2.75, 3.05) is 14.1 Å². The number of aromatic hydroxyl groups is 1. The Balaban J connectivity index is 0. The third kappa shape index (κ3) is 9.69. The first kappa shape index (κ1) is 22.5. The van der Waals surface area contributed by atoms with Crippen molar-refractivity contribution in [1.29, 1.82) is 0 Å². The molecule has 0 aromatic heterocycles. The highest BCUT2D eigenvalue weighted by molar-refractivity contribution is 14.2. The fraction of sp³-hybridized carbons (Fsp3) is 0.400. The quantitative estimate of drug-likeness (QED) is 0.311. The Morgan fingerprint density at radius 1 is 1.29 bits per heavy atom. The normalized spacial score (nSPS) is 9.67. The first-order valence-electron chi connectivity index (χ1n) is 6.79. The third-order valence-corrected chi connectivity index (χ3v) is 2.89. The van der Waals surface area contributed by atoms with Gasteiger partial charge in [0.2, 0.25) is 0 Å². The largest absolute Gasteiger partial charge is 0.507 e. The molecule has 1 N–H and O–H groups in total. The summed E-state index contributed by atoms with van der Waals surface area (Å²) in [6.07, 6.45) is 3.05. The van der Waals surface area contributed by atoms with Crippen molar-refractivity contribution in [1.82, 2.24) is 4.90 Å². The van der Waals surface area contributed by atoms with Crippen LogP contribution in [0, 0.1) is 0 Å². The molecular formula is C15H25INO3P. The lowest BCUT2D eigenvalue weighted by Crippen LogP contribution is -2.03. The molecule has 0 amide bonds. The molecule has 1 aromatic rings. The standard InChI is InChI=1S/C11H13INO3P.2C2H6/c1-13(2)6-5-10(14)9-4-3-8(16-17-12)7-11(9)15;2*1-2/h3-7,15,17H,1-2H3;2*1-2H3/b6-5+;;. The highest BCUT2D eigenvalue weighted by Crippen LogP contribution is 2.30. The Morgan fingerprint density at radius 3 is 2.29 bits per heavy atom. The van der Waals surface area contributed by atoms with Crippen LogP contribution in [0.15, 0.2) is 30.5 Å². The average Bonchev–Trinajstić information content (AvgIpc) is 2.49. The van der Waals surface area contributed by atoms with Crippen molar-refractivity contribution in [2.45, 2.75) is 27.7 Å². The van der Waals surface area contributed by atoms with Gasteiger partial charge in [0.25, 0.3) is 0 Å². The summed E-state index contributed by atoms with van der Waals surface area (Å²) in [6, 6.07) is 4.67. The minimum absolute atomic E-state index is 0.0643. The summed E-state index contributed by atoms with van der Waals surface area (Å²) in [6.45, 7) is 8.27. The van der Waals surface area contributed by atoms with Crippen LogP contribution in [0.25, 0.3) is 0 Å². The summed E-state index contributed by atoms with van der Waals surface area (Å²) < 4.78 is 5.24. The predicted molar refractivity (Wildman–Crippen MR) is 101 cm³/mol. The highest BCUT2D eigenvalue weighted by atomic mass is 127. The van der Waals surface area contributed by atoms with Crippen LogP contribution in [-0.2, 0) is 0 Å². The van der Waals surface area contributed by atoms with Crippen LogP contribution >= 0.6 is 28.5 Å². The van der Waals surface area contributed by atoms with Gasteiger partial charge in [-0.3, -0.25) is 4.79 Å². The SMILES string of the molecule is CC.CC.CN(C)/C=C/C(=O)c1ccc(OPI)cc1O. The first-order valence-corrected chi connectivity index (χ1v) is 10.8. The zero-order valence-electron chi connectivity index (χ0n) is 13.5. The molecule has 0 aliphatic carbocycles. The van der Waals surface area contributed by atoms with E-state index in [-0.39, 0.29) is 23.5 Å². The number of phenols is 1. The van der Waals surface area contributed by atoms with E-state index < -0.39 is 0 Å². The number of rotatable bonds is 5. The van der Waals surface area contributed by atoms with Gasteiger partial charge in [0.1, 0.15) is 17.9 Å². The minimum Gasteiger partial charge on any atom is -0.507 e. The van der Waals surface area contributed by atoms with Crippen LogP contribution in [0.3, 0.4) is 0 Å². The lowest BCUT2D eigenvalue weighted by molar-refractivity contribution is 0.104. The number of phenolic OH excluding ortho intramolecular Hbond substituents is 1. The van der Waals surface area contributed by atoms with E-state index in [4.69, 9.17) is 4.52 Å². The maximum absolute atomic E-state index is 11.7. The van der Waals surface area contributed by atoms with Crippen LogP contribution < -0.4 is 4.52 Å². The number of carbonyl (C=O) groups is 1. The maximum Gasteiger partial charge on any atom is 0.190 e. The molecule has 0 heterocycles. The van der Waals surface area contributed by atoms with E-state index in [1.54, 1.807) is 23.2 Å². The number of hydrogen-bond donors (Lipinski definition) is 1. The summed E-state index contributed by atoms with van der Waals surface area (Å²) >= 11 is 2.09. The molecule has 0 bridgehead atoms. The fourth-order valence-electron chi connectivity index (χ4n) is 1.13.